The van der Waals surface area contributed by atoms with Crippen LogP contribution in [0.3, 0.4) is 0 Å². The largest absolute Gasteiger partial charge is 0.366 e. The van der Waals surface area contributed by atoms with E-state index in [1.807, 2.05) is 30.3 Å². The van der Waals surface area contributed by atoms with Gasteiger partial charge in [0.1, 0.15) is 5.82 Å². The molecule has 0 aromatic heterocycles. The van der Waals surface area contributed by atoms with Crippen molar-refractivity contribution >= 4 is 17.3 Å². The van der Waals surface area contributed by atoms with E-state index in [1.54, 1.807) is 6.07 Å². The smallest absolute Gasteiger partial charge is 0.124 e. The van der Waals surface area contributed by atoms with E-state index in [0.29, 0.717) is 24.5 Å². The average molecular weight is 289 g/mol. The summed E-state index contributed by atoms with van der Waals surface area (Å²) >= 11 is 6.06. The van der Waals surface area contributed by atoms with Crippen molar-refractivity contribution in [3.05, 3.63) is 64.9 Å². The molecule has 0 radical (unpaired) electrons. The van der Waals surface area contributed by atoms with Crippen molar-refractivity contribution in [3.63, 3.8) is 0 Å². The van der Waals surface area contributed by atoms with Crippen molar-refractivity contribution in [2.75, 3.05) is 11.4 Å². The molecule has 0 atom stereocenters. The summed E-state index contributed by atoms with van der Waals surface area (Å²) in [4.78, 5) is 2.06. The number of benzene rings is 2. The fourth-order valence-electron chi connectivity index (χ4n) is 1.98. The molecule has 2 rings (SSSR count). The maximum atomic E-state index is 13.1. The molecule has 20 heavy (non-hydrogen) atoms. The van der Waals surface area contributed by atoms with Gasteiger partial charge < -0.3 is 4.90 Å². The summed E-state index contributed by atoms with van der Waals surface area (Å²) in [5, 5.41) is 9.17. The van der Waals surface area contributed by atoms with Crippen LogP contribution in [0.1, 0.15) is 12.0 Å². The van der Waals surface area contributed by atoms with Gasteiger partial charge in [-0.15, -0.1) is 0 Å². The van der Waals surface area contributed by atoms with Gasteiger partial charge in [0.2, 0.25) is 0 Å². The molecule has 0 saturated heterocycles. The Morgan fingerprint density at radius 1 is 1.15 bits per heavy atom. The summed E-state index contributed by atoms with van der Waals surface area (Å²) < 4.78 is 13.1. The Morgan fingerprint density at radius 3 is 2.55 bits per heavy atom. The molecular formula is C16H14ClFN2. The van der Waals surface area contributed by atoms with Gasteiger partial charge in [-0.3, -0.25) is 0 Å². The average Bonchev–Trinajstić information content (AvgIpc) is 2.46. The Bertz CT molecular complexity index is 608. The van der Waals surface area contributed by atoms with Crippen molar-refractivity contribution in [2.24, 2.45) is 0 Å². The summed E-state index contributed by atoms with van der Waals surface area (Å²) in [7, 11) is 0. The van der Waals surface area contributed by atoms with E-state index in [0.717, 1.165) is 11.3 Å². The van der Waals surface area contributed by atoms with Crippen molar-refractivity contribution in [1.29, 1.82) is 5.26 Å². The van der Waals surface area contributed by atoms with Crippen LogP contribution in [0.4, 0.5) is 10.1 Å². The van der Waals surface area contributed by atoms with Crippen LogP contribution in [0.5, 0.6) is 0 Å². The predicted octanol–water partition coefficient (Wildman–Crippen LogP) is 4.40. The zero-order chi connectivity index (χ0) is 14.4. The zero-order valence-electron chi connectivity index (χ0n) is 10.9. The summed E-state index contributed by atoms with van der Waals surface area (Å²) in [6, 6.07) is 16.3. The molecule has 0 amide bonds. The number of para-hydroxylation sites is 1. The lowest BCUT2D eigenvalue weighted by molar-refractivity contribution is 0.626. The van der Waals surface area contributed by atoms with E-state index in [-0.39, 0.29) is 5.82 Å². The van der Waals surface area contributed by atoms with Crippen molar-refractivity contribution in [2.45, 2.75) is 13.0 Å². The van der Waals surface area contributed by atoms with Crippen LogP contribution in [-0.2, 0) is 6.54 Å². The van der Waals surface area contributed by atoms with E-state index >= 15 is 0 Å². The topological polar surface area (TPSA) is 27.0 Å². The molecule has 0 unspecified atom stereocenters. The van der Waals surface area contributed by atoms with Gasteiger partial charge in [0.15, 0.2) is 0 Å². The molecule has 0 heterocycles. The van der Waals surface area contributed by atoms with Gasteiger partial charge in [0.05, 0.1) is 12.5 Å². The Hall–Kier alpha value is -2.05. The maximum absolute atomic E-state index is 13.1. The van der Waals surface area contributed by atoms with Crippen LogP contribution in [0, 0.1) is 17.1 Å². The fraction of sp³-hybridized carbons (Fsp3) is 0.188. The van der Waals surface area contributed by atoms with E-state index in [9.17, 15) is 4.39 Å². The molecule has 0 spiro atoms. The summed E-state index contributed by atoms with van der Waals surface area (Å²) in [6.45, 7) is 1.15. The minimum atomic E-state index is -0.345. The molecule has 0 aliphatic rings. The third kappa shape index (κ3) is 3.72. The normalized spacial score (nSPS) is 10.1. The molecule has 102 valence electrons. The molecular weight excluding hydrogens is 275 g/mol. The van der Waals surface area contributed by atoms with E-state index in [2.05, 4.69) is 11.0 Å². The number of hydrogen-bond donors (Lipinski definition) is 0. The first kappa shape index (κ1) is 14.4. The van der Waals surface area contributed by atoms with Gasteiger partial charge in [-0.1, -0.05) is 35.9 Å². The molecule has 2 nitrogen and oxygen atoms in total. The first-order valence-electron chi connectivity index (χ1n) is 6.31. The van der Waals surface area contributed by atoms with Gasteiger partial charge in [-0.05, 0) is 29.8 Å². The van der Waals surface area contributed by atoms with Crippen LogP contribution >= 0.6 is 11.6 Å². The number of halogens is 2. The van der Waals surface area contributed by atoms with E-state index in [1.165, 1.54) is 12.1 Å². The number of anilines is 1. The fourth-order valence-corrected chi connectivity index (χ4v) is 2.21. The highest BCUT2D eigenvalue weighted by Gasteiger charge is 2.10. The second kappa shape index (κ2) is 6.93. The number of nitrogens with zero attached hydrogens (tertiary/aromatic N) is 2. The number of nitriles is 1. The SMILES string of the molecule is N#CCCN(Cc1ccc(F)cc1Cl)c1ccccc1. The summed E-state index contributed by atoms with van der Waals surface area (Å²) in [5.41, 5.74) is 1.86. The third-order valence-corrected chi connectivity index (χ3v) is 3.34. The monoisotopic (exact) mass is 288 g/mol. The van der Waals surface area contributed by atoms with Crippen LogP contribution in [0.2, 0.25) is 5.02 Å². The van der Waals surface area contributed by atoms with Crippen LogP contribution in [-0.4, -0.2) is 6.54 Å². The Balaban J connectivity index is 2.22. The van der Waals surface area contributed by atoms with Gasteiger partial charge in [0, 0.05) is 23.8 Å². The minimum Gasteiger partial charge on any atom is -0.366 e. The molecule has 0 N–H and O–H groups in total. The highest BCUT2D eigenvalue weighted by molar-refractivity contribution is 6.31. The summed E-state index contributed by atoms with van der Waals surface area (Å²) in [5.74, 6) is -0.345. The van der Waals surface area contributed by atoms with Gasteiger partial charge in [0.25, 0.3) is 0 Å². The van der Waals surface area contributed by atoms with Gasteiger partial charge in [-0.25, -0.2) is 4.39 Å². The van der Waals surface area contributed by atoms with E-state index < -0.39 is 0 Å². The first-order chi connectivity index (χ1) is 9.70. The van der Waals surface area contributed by atoms with Crippen LogP contribution < -0.4 is 4.90 Å². The van der Waals surface area contributed by atoms with Crippen molar-refractivity contribution < 1.29 is 4.39 Å². The van der Waals surface area contributed by atoms with Crippen LogP contribution in [0.15, 0.2) is 48.5 Å². The quantitative estimate of drug-likeness (QED) is 0.815. The minimum absolute atomic E-state index is 0.345. The van der Waals surface area contributed by atoms with Crippen LogP contribution in [0.25, 0.3) is 0 Å². The van der Waals surface area contributed by atoms with Gasteiger partial charge >= 0.3 is 0 Å². The molecule has 0 fully saturated rings. The number of rotatable bonds is 5. The molecule has 0 saturated carbocycles. The predicted molar refractivity (Wildman–Crippen MR) is 79.1 cm³/mol. The summed E-state index contributed by atoms with van der Waals surface area (Å²) in [6.07, 6.45) is 0.424. The number of hydrogen-bond acceptors (Lipinski definition) is 2. The van der Waals surface area contributed by atoms with Gasteiger partial charge in [-0.2, -0.15) is 5.26 Å². The lowest BCUT2D eigenvalue weighted by atomic mass is 10.2. The molecule has 2 aromatic rings. The van der Waals surface area contributed by atoms with Crippen molar-refractivity contribution in [3.8, 4) is 6.07 Å². The zero-order valence-corrected chi connectivity index (χ0v) is 11.6. The molecule has 0 bridgehead atoms. The molecule has 4 heteroatoms. The molecule has 2 aromatic carbocycles. The standard InChI is InChI=1S/C16H14ClFN2/c17-16-11-14(18)8-7-13(16)12-20(10-4-9-19)15-5-2-1-3-6-15/h1-3,5-8,11H,4,10,12H2. The Labute approximate surface area is 123 Å². The second-order valence-corrected chi connectivity index (χ2v) is 4.81. The third-order valence-electron chi connectivity index (χ3n) is 2.99. The lowest BCUT2D eigenvalue weighted by Crippen LogP contribution is -2.23. The second-order valence-electron chi connectivity index (χ2n) is 4.40. The molecule has 0 aliphatic heterocycles. The highest BCUT2D eigenvalue weighted by Crippen LogP contribution is 2.22. The molecule has 0 aliphatic carbocycles. The Kier molecular flexibility index (Phi) is 4.97. The van der Waals surface area contributed by atoms with E-state index in [4.69, 9.17) is 16.9 Å². The highest BCUT2D eigenvalue weighted by atomic mass is 35.5. The lowest BCUT2D eigenvalue weighted by Gasteiger charge is -2.24. The van der Waals surface area contributed by atoms with Crippen molar-refractivity contribution in [1.82, 2.24) is 0 Å². The maximum Gasteiger partial charge on any atom is 0.124 e. The Morgan fingerprint density at radius 2 is 1.90 bits per heavy atom. The first-order valence-corrected chi connectivity index (χ1v) is 6.69.